The third kappa shape index (κ3) is 13.0. The molecule has 87 heavy (non-hydrogen) atoms. The van der Waals surface area contributed by atoms with Crippen molar-refractivity contribution >= 4 is 122 Å². The third-order valence-electron chi connectivity index (χ3n) is 15.3. The van der Waals surface area contributed by atoms with Gasteiger partial charge in [-0.05, 0) is 141 Å². The smallest absolute Gasteiger partial charge is 0.335 e. The van der Waals surface area contributed by atoms with E-state index in [1.165, 1.54) is 102 Å². The Balaban J connectivity index is 0.00000132. The fourth-order valence-corrected chi connectivity index (χ4v) is 14.4. The van der Waals surface area contributed by atoms with Crippen molar-refractivity contribution < 1.29 is 92.6 Å². The van der Waals surface area contributed by atoms with Crippen LogP contribution in [0.5, 0.6) is 0 Å². The lowest BCUT2D eigenvalue weighted by Gasteiger charge is -2.27. The monoisotopic (exact) mass is 1310 g/mol. The molecule has 7 aromatic carbocycles. The maximum Gasteiger partial charge on any atom is 0.335 e. The van der Waals surface area contributed by atoms with E-state index in [2.05, 4.69) is 20.8 Å². The molecule has 460 valence electrons. The van der Waals surface area contributed by atoms with Gasteiger partial charge < -0.3 is 33.1 Å². The van der Waals surface area contributed by atoms with Crippen LogP contribution < -0.4 is 14.4 Å². The number of quaternary nitrogens is 1. The van der Waals surface area contributed by atoms with Gasteiger partial charge in [0.1, 0.15) is 45.4 Å². The van der Waals surface area contributed by atoms with E-state index in [0.717, 1.165) is 72.8 Å². The molecular weight excluding hydrogens is 1250 g/mol. The number of carboxylic acids is 1. The quantitative estimate of drug-likeness (QED) is 0.0431. The lowest BCUT2D eigenvalue weighted by Crippen LogP contribution is -3.11. The number of rotatable bonds is 16. The Bertz CT molecular complexity index is 4890. The molecule has 4 N–H and O–H groups in total. The van der Waals surface area contributed by atoms with Crippen molar-refractivity contribution in [3.8, 4) is 0 Å². The summed E-state index contributed by atoms with van der Waals surface area (Å²) in [6.07, 6.45) is 5.97. The van der Waals surface area contributed by atoms with E-state index in [-0.39, 0.29) is 67.2 Å². The van der Waals surface area contributed by atoms with Gasteiger partial charge in [-0.25, -0.2) is 38.5 Å². The van der Waals surface area contributed by atoms with E-state index in [1.807, 2.05) is 0 Å². The fraction of sp³-hybridized carbons (Fsp3) is 0.207. The van der Waals surface area contributed by atoms with Crippen LogP contribution in [0.4, 0.5) is 22.7 Å². The van der Waals surface area contributed by atoms with Gasteiger partial charge in [0.05, 0.1) is 60.8 Å². The summed E-state index contributed by atoms with van der Waals surface area (Å²) in [5.74, 6) is -1.30. The van der Waals surface area contributed by atoms with Crippen molar-refractivity contribution in [2.75, 3.05) is 24.5 Å². The SMILES string of the molecule is CC1(C)C(/C=C/C(=C/C=C2/N(c3cccc(S(=O)(=O)O)c3)c3cc(S(=O)(=O)[O-])c4cc(S(=O)(=O)[O-])ccc4c3C2(C)C)c2ccc(C(=O)O)cc2)=[N+](c2cccc(S(=O)(=O)O)c2)c2cc(S(=O)(=O)[O-])c3cc(S(=O)(=O)[O-])ccc3c21.CC[NH+](CC)CC. The Hall–Kier alpha value is -7.36. The van der Waals surface area contributed by atoms with Crippen molar-refractivity contribution in [1.29, 1.82) is 0 Å². The van der Waals surface area contributed by atoms with Crippen LogP contribution in [0, 0.1) is 0 Å². The number of carboxylic acid groups (broad SMARTS) is 1. The number of benzene rings is 7. The summed E-state index contributed by atoms with van der Waals surface area (Å²) in [7, 11) is -31.3. The van der Waals surface area contributed by atoms with E-state index in [1.54, 1.807) is 32.6 Å². The molecule has 2 aliphatic heterocycles. The first-order valence-corrected chi connectivity index (χ1v) is 34.6. The van der Waals surface area contributed by atoms with E-state index in [9.17, 15) is 87.7 Å². The first-order chi connectivity index (χ1) is 40.2. The number of carbonyl (C=O) groups is 1. The van der Waals surface area contributed by atoms with Crippen molar-refractivity contribution in [3.05, 3.63) is 174 Å². The highest BCUT2D eigenvalue weighted by atomic mass is 32.2. The van der Waals surface area contributed by atoms with Crippen LogP contribution in [-0.2, 0) is 71.5 Å². The zero-order chi connectivity index (χ0) is 64.5. The van der Waals surface area contributed by atoms with E-state index >= 15 is 0 Å². The van der Waals surface area contributed by atoms with Crippen molar-refractivity contribution in [2.24, 2.45) is 0 Å². The number of fused-ring (bicyclic) bond motifs is 6. The molecular formula is C58H55N3O20S6-2. The van der Waals surface area contributed by atoms with Crippen molar-refractivity contribution in [2.45, 2.75) is 88.7 Å². The molecule has 0 amide bonds. The molecule has 0 fully saturated rings. The maximum absolute atomic E-state index is 13.1. The Morgan fingerprint density at radius 3 is 1.51 bits per heavy atom. The Morgan fingerprint density at radius 2 is 1.03 bits per heavy atom. The number of hydrogen-bond donors (Lipinski definition) is 4. The lowest BCUT2D eigenvalue weighted by atomic mass is 9.78. The highest BCUT2D eigenvalue weighted by Crippen LogP contribution is 2.56. The largest absolute Gasteiger partial charge is 0.744 e. The van der Waals surface area contributed by atoms with Crippen LogP contribution in [0.2, 0.25) is 0 Å². The first-order valence-electron chi connectivity index (χ1n) is 26.1. The second-order valence-electron chi connectivity index (χ2n) is 21.2. The number of aromatic carboxylic acids is 1. The van der Waals surface area contributed by atoms with Gasteiger partial charge in [0.25, 0.3) is 20.2 Å². The number of allylic oxidation sites excluding steroid dienone is 6. The van der Waals surface area contributed by atoms with Crippen molar-refractivity contribution in [3.63, 3.8) is 0 Å². The van der Waals surface area contributed by atoms with Crippen LogP contribution in [0.1, 0.15) is 75.5 Å². The minimum Gasteiger partial charge on any atom is -0.744 e. The number of anilines is 2. The molecule has 0 saturated heterocycles. The average Bonchev–Trinajstić information content (AvgIpc) is 1.59. The van der Waals surface area contributed by atoms with E-state index < -0.39 is 118 Å². The van der Waals surface area contributed by atoms with Gasteiger partial charge >= 0.3 is 5.97 Å². The second kappa shape index (κ2) is 23.3. The number of nitrogens with one attached hydrogen (secondary N) is 1. The summed E-state index contributed by atoms with van der Waals surface area (Å²) in [5.41, 5.74) is -1.78. The molecule has 7 aromatic rings. The van der Waals surface area contributed by atoms with Gasteiger partial charge in [0.15, 0.2) is 5.71 Å². The lowest BCUT2D eigenvalue weighted by molar-refractivity contribution is -0.894. The predicted molar refractivity (Wildman–Crippen MR) is 318 cm³/mol. The van der Waals surface area contributed by atoms with Gasteiger partial charge in [-0.15, -0.1) is 0 Å². The van der Waals surface area contributed by atoms with Gasteiger partial charge in [-0.3, -0.25) is 9.11 Å². The Kier molecular flexibility index (Phi) is 17.6. The molecule has 0 aliphatic carbocycles. The molecule has 0 bridgehead atoms. The van der Waals surface area contributed by atoms with Crippen LogP contribution >= 0.6 is 0 Å². The molecule has 23 nitrogen and oxygen atoms in total. The summed E-state index contributed by atoms with van der Waals surface area (Å²) >= 11 is 0. The number of nitrogens with zero attached hydrogens (tertiary/aromatic N) is 2. The third-order valence-corrected chi connectivity index (χ3v) is 20.4. The van der Waals surface area contributed by atoms with E-state index in [0.29, 0.717) is 5.56 Å². The highest BCUT2D eigenvalue weighted by molar-refractivity contribution is 7.87. The van der Waals surface area contributed by atoms with Crippen LogP contribution in [0.3, 0.4) is 0 Å². The normalized spacial score (nSPS) is 16.0. The molecule has 0 spiro atoms. The van der Waals surface area contributed by atoms with Crippen molar-refractivity contribution in [1.82, 2.24) is 4.58 Å². The second-order valence-corrected chi connectivity index (χ2v) is 29.5. The van der Waals surface area contributed by atoms with Gasteiger partial charge in [0.2, 0.25) is 11.4 Å². The molecule has 0 aromatic heterocycles. The summed E-state index contributed by atoms with van der Waals surface area (Å²) in [6, 6.07) is 22.3. The molecule has 0 radical (unpaired) electrons. The fourth-order valence-electron chi connectivity index (χ4n) is 11.0. The minimum atomic E-state index is -5.51. The van der Waals surface area contributed by atoms with Crippen LogP contribution in [0.15, 0.2) is 181 Å². The summed E-state index contributed by atoms with van der Waals surface area (Å²) in [4.78, 5) is 10.2. The molecule has 29 heteroatoms. The number of hydrogen-bond acceptors (Lipinski definition) is 18. The summed E-state index contributed by atoms with van der Waals surface area (Å²) in [6.45, 7) is 17.0. The standard InChI is InChI=1S/C52H42N2O20S6.C6H15N/c1-51(2)46(53(32-7-5-9-34(23-32)75(57,58)59)42-27-44(79(69,70)71)40-25-36(77(63,64)65)17-19-38(40)48(42)51)21-15-30(29-11-13-31(14-12-29)50(55)56)16-22-47-52(3,4)49-39-20-18-37(78(66,67)68)26-41(39)45(80(72,73)74)28-43(49)54(47)33-8-6-10-35(24-33)76(60,61)62;1-4-7(5-2)6-3/h5-28H,1-4H3,(H6-,55,56,57,58,59,60,61,62,63,64,65,66,67,68,69,70,71,72,73,74);4-6H2,1-3H3/p-2. The zero-order valence-corrected chi connectivity index (χ0v) is 52.0. The predicted octanol–water partition coefficient (Wildman–Crippen LogP) is 6.95. The van der Waals surface area contributed by atoms with Gasteiger partial charge in [-0.2, -0.15) is 21.4 Å². The van der Waals surface area contributed by atoms with E-state index in [4.69, 9.17) is 0 Å². The highest BCUT2D eigenvalue weighted by Gasteiger charge is 2.48. The zero-order valence-electron chi connectivity index (χ0n) is 47.1. The molecule has 0 atom stereocenters. The Labute approximate surface area is 503 Å². The molecule has 9 rings (SSSR count). The molecule has 2 aliphatic rings. The summed E-state index contributed by atoms with van der Waals surface area (Å²) in [5, 5.41) is 8.92. The van der Waals surface area contributed by atoms with Gasteiger partial charge in [-0.1, -0.05) is 56.3 Å². The average molecular weight is 1310 g/mol. The molecule has 2 heterocycles. The minimum absolute atomic E-state index is 0.0223. The Morgan fingerprint density at radius 1 is 0.552 bits per heavy atom. The molecule has 0 saturated carbocycles. The maximum atomic E-state index is 13.1. The molecule has 0 unspecified atom stereocenters. The van der Waals surface area contributed by atoms with Crippen LogP contribution in [-0.4, -0.2) is 114 Å². The summed E-state index contributed by atoms with van der Waals surface area (Å²) < 4.78 is 224. The van der Waals surface area contributed by atoms with Gasteiger partial charge in [0, 0.05) is 57.4 Å². The van der Waals surface area contributed by atoms with Crippen LogP contribution in [0.25, 0.3) is 27.1 Å². The first kappa shape index (κ1) is 65.6. The topological polar surface area (TPSA) is 386 Å².